The molecule has 1 rings (SSSR count). The van der Waals surface area contributed by atoms with Crippen LogP contribution in [0.3, 0.4) is 0 Å². The monoisotopic (exact) mass is 207 g/mol. The summed E-state index contributed by atoms with van der Waals surface area (Å²) in [7, 11) is 0. The zero-order valence-corrected chi connectivity index (χ0v) is 9.92. The molecule has 0 fully saturated rings. The third kappa shape index (κ3) is 3.24. The topological polar surface area (TPSA) is 35.2 Å². The number of rotatable bonds is 5. The van der Waals surface area contributed by atoms with Gasteiger partial charge in [0.1, 0.15) is 5.75 Å². The molecule has 1 aromatic rings. The van der Waals surface area contributed by atoms with E-state index in [2.05, 4.69) is 26.0 Å². The third-order valence-corrected chi connectivity index (χ3v) is 2.53. The molecule has 0 aliphatic rings. The highest BCUT2D eigenvalue weighted by Crippen LogP contribution is 2.23. The van der Waals surface area contributed by atoms with Gasteiger partial charge < -0.3 is 10.5 Å². The summed E-state index contributed by atoms with van der Waals surface area (Å²) in [4.78, 5) is 0. The van der Waals surface area contributed by atoms with Crippen molar-refractivity contribution in [3.63, 3.8) is 0 Å². The van der Waals surface area contributed by atoms with Crippen molar-refractivity contribution in [2.24, 2.45) is 5.73 Å². The molecule has 0 aliphatic heterocycles. The summed E-state index contributed by atoms with van der Waals surface area (Å²) >= 11 is 0. The third-order valence-electron chi connectivity index (χ3n) is 2.53. The Morgan fingerprint density at radius 2 is 2.07 bits per heavy atom. The van der Waals surface area contributed by atoms with E-state index in [1.54, 1.807) is 0 Å². The Hall–Kier alpha value is -1.02. The first-order valence-corrected chi connectivity index (χ1v) is 5.68. The van der Waals surface area contributed by atoms with Crippen molar-refractivity contribution in [3.8, 4) is 5.75 Å². The number of aryl methyl sites for hydroxylation is 1. The quantitative estimate of drug-likeness (QED) is 0.804. The van der Waals surface area contributed by atoms with Gasteiger partial charge in [-0.3, -0.25) is 0 Å². The van der Waals surface area contributed by atoms with E-state index in [0.717, 1.165) is 18.6 Å². The zero-order chi connectivity index (χ0) is 11.3. The van der Waals surface area contributed by atoms with E-state index >= 15 is 0 Å². The van der Waals surface area contributed by atoms with Crippen LogP contribution < -0.4 is 10.5 Å². The van der Waals surface area contributed by atoms with E-state index < -0.39 is 0 Å². The standard InChI is InChI=1S/C13H21NO/c1-4-6-12(14)11-7-8-13(15-5-2)10(3)9-11/h7-9,12H,4-6,14H2,1-3H3/t12-/m0/s1. The van der Waals surface area contributed by atoms with Crippen LogP contribution in [0.1, 0.15) is 43.9 Å². The van der Waals surface area contributed by atoms with Crippen LogP contribution in [0.25, 0.3) is 0 Å². The fourth-order valence-corrected chi connectivity index (χ4v) is 1.70. The summed E-state index contributed by atoms with van der Waals surface area (Å²) in [5.41, 5.74) is 8.43. The van der Waals surface area contributed by atoms with E-state index in [1.165, 1.54) is 11.1 Å². The van der Waals surface area contributed by atoms with Crippen molar-refractivity contribution in [1.82, 2.24) is 0 Å². The Kier molecular flexibility index (Phi) is 4.63. The van der Waals surface area contributed by atoms with E-state index in [-0.39, 0.29) is 6.04 Å². The summed E-state index contributed by atoms with van der Waals surface area (Å²) in [5, 5.41) is 0. The van der Waals surface area contributed by atoms with Crippen LogP contribution in [0.4, 0.5) is 0 Å². The van der Waals surface area contributed by atoms with Gasteiger partial charge in [0.2, 0.25) is 0 Å². The van der Waals surface area contributed by atoms with E-state index in [0.29, 0.717) is 6.61 Å². The Morgan fingerprint density at radius 1 is 1.33 bits per heavy atom. The van der Waals surface area contributed by atoms with Crippen LogP contribution in [0.2, 0.25) is 0 Å². The Morgan fingerprint density at radius 3 is 2.60 bits per heavy atom. The second-order valence-electron chi connectivity index (χ2n) is 3.85. The number of benzene rings is 1. The predicted octanol–water partition coefficient (Wildman–Crippen LogP) is 3.19. The van der Waals surface area contributed by atoms with Gasteiger partial charge in [0.15, 0.2) is 0 Å². The number of nitrogens with two attached hydrogens (primary N) is 1. The van der Waals surface area contributed by atoms with Gasteiger partial charge in [-0.25, -0.2) is 0 Å². The van der Waals surface area contributed by atoms with Crippen LogP contribution in [0.15, 0.2) is 18.2 Å². The summed E-state index contributed by atoms with van der Waals surface area (Å²) in [5.74, 6) is 0.963. The molecule has 2 N–H and O–H groups in total. The average Bonchev–Trinajstić information content (AvgIpc) is 2.21. The highest BCUT2D eigenvalue weighted by Gasteiger charge is 2.07. The minimum absolute atomic E-state index is 0.157. The molecule has 15 heavy (non-hydrogen) atoms. The molecular formula is C13H21NO. The van der Waals surface area contributed by atoms with Crippen LogP contribution in [-0.4, -0.2) is 6.61 Å². The number of hydrogen-bond donors (Lipinski definition) is 1. The van der Waals surface area contributed by atoms with Gasteiger partial charge in [0.05, 0.1) is 6.61 Å². The number of hydrogen-bond acceptors (Lipinski definition) is 2. The molecule has 0 bridgehead atoms. The molecule has 1 atom stereocenters. The normalized spacial score (nSPS) is 12.5. The zero-order valence-electron chi connectivity index (χ0n) is 9.92. The molecule has 2 heteroatoms. The first-order chi connectivity index (χ1) is 7.19. The van der Waals surface area contributed by atoms with Gasteiger partial charge in [-0.05, 0) is 37.5 Å². The summed E-state index contributed by atoms with van der Waals surface area (Å²) in [6, 6.07) is 6.37. The molecular weight excluding hydrogens is 186 g/mol. The van der Waals surface area contributed by atoms with Crippen molar-refractivity contribution in [3.05, 3.63) is 29.3 Å². The van der Waals surface area contributed by atoms with E-state index in [9.17, 15) is 0 Å². The van der Waals surface area contributed by atoms with Crippen LogP contribution in [0.5, 0.6) is 5.75 Å². The molecule has 0 aromatic heterocycles. The average molecular weight is 207 g/mol. The van der Waals surface area contributed by atoms with Crippen molar-refractivity contribution in [1.29, 1.82) is 0 Å². The minimum atomic E-state index is 0.157. The van der Waals surface area contributed by atoms with Crippen molar-refractivity contribution < 1.29 is 4.74 Å². The highest BCUT2D eigenvalue weighted by molar-refractivity contribution is 5.37. The van der Waals surface area contributed by atoms with Crippen LogP contribution in [0, 0.1) is 6.92 Å². The Balaban J connectivity index is 2.81. The molecule has 2 nitrogen and oxygen atoms in total. The van der Waals surface area contributed by atoms with E-state index in [4.69, 9.17) is 10.5 Å². The maximum absolute atomic E-state index is 6.06. The van der Waals surface area contributed by atoms with Gasteiger partial charge in [0, 0.05) is 6.04 Å². The molecule has 0 heterocycles. The molecule has 0 unspecified atom stereocenters. The van der Waals surface area contributed by atoms with Gasteiger partial charge in [0.25, 0.3) is 0 Å². The summed E-state index contributed by atoms with van der Waals surface area (Å²) in [6.45, 7) is 6.92. The van der Waals surface area contributed by atoms with Gasteiger partial charge in [-0.1, -0.05) is 25.5 Å². The molecule has 84 valence electrons. The molecule has 0 amide bonds. The van der Waals surface area contributed by atoms with Crippen molar-refractivity contribution >= 4 is 0 Å². The van der Waals surface area contributed by atoms with Crippen molar-refractivity contribution in [2.75, 3.05) is 6.61 Å². The first-order valence-electron chi connectivity index (χ1n) is 5.68. The van der Waals surface area contributed by atoms with Crippen LogP contribution in [-0.2, 0) is 0 Å². The van der Waals surface area contributed by atoms with Gasteiger partial charge >= 0.3 is 0 Å². The minimum Gasteiger partial charge on any atom is -0.494 e. The molecule has 0 spiro atoms. The molecule has 0 radical (unpaired) electrons. The Labute approximate surface area is 92.4 Å². The molecule has 0 saturated carbocycles. The fraction of sp³-hybridized carbons (Fsp3) is 0.538. The largest absolute Gasteiger partial charge is 0.494 e. The second-order valence-corrected chi connectivity index (χ2v) is 3.85. The maximum Gasteiger partial charge on any atom is 0.122 e. The molecule has 0 saturated heterocycles. The van der Waals surface area contributed by atoms with Crippen LogP contribution >= 0.6 is 0 Å². The molecule has 0 aliphatic carbocycles. The SMILES string of the molecule is CCC[C@H](N)c1ccc(OCC)c(C)c1. The van der Waals surface area contributed by atoms with Gasteiger partial charge in [-0.15, -0.1) is 0 Å². The fourth-order valence-electron chi connectivity index (χ4n) is 1.70. The lowest BCUT2D eigenvalue weighted by Gasteiger charge is -2.13. The molecule has 1 aromatic carbocycles. The highest BCUT2D eigenvalue weighted by atomic mass is 16.5. The first kappa shape index (κ1) is 12.1. The Bertz CT molecular complexity index is 309. The lowest BCUT2D eigenvalue weighted by molar-refractivity contribution is 0.337. The predicted molar refractivity (Wildman–Crippen MR) is 64.2 cm³/mol. The van der Waals surface area contributed by atoms with E-state index in [1.807, 2.05) is 13.0 Å². The second kappa shape index (κ2) is 5.76. The summed E-state index contributed by atoms with van der Waals surface area (Å²) < 4.78 is 5.49. The van der Waals surface area contributed by atoms with Gasteiger partial charge in [-0.2, -0.15) is 0 Å². The maximum atomic E-state index is 6.06. The van der Waals surface area contributed by atoms with Crippen molar-refractivity contribution in [2.45, 2.75) is 39.7 Å². The smallest absolute Gasteiger partial charge is 0.122 e. The lowest BCUT2D eigenvalue weighted by Crippen LogP contribution is -2.10. The summed E-state index contributed by atoms with van der Waals surface area (Å²) in [6.07, 6.45) is 2.15. The lowest BCUT2D eigenvalue weighted by atomic mass is 10.0. The number of ether oxygens (including phenoxy) is 1.